The van der Waals surface area contributed by atoms with Gasteiger partial charge < -0.3 is 10.1 Å². The number of esters is 1. The molecule has 6 heteroatoms. The Balaban J connectivity index is 1.90. The van der Waals surface area contributed by atoms with Gasteiger partial charge in [-0.15, -0.1) is 0 Å². The Bertz CT molecular complexity index is 400. The number of pyridine rings is 1. The van der Waals surface area contributed by atoms with Crippen LogP contribution < -0.4 is 5.32 Å². The highest BCUT2D eigenvalue weighted by molar-refractivity contribution is 6.32. The second-order valence-electron chi connectivity index (χ2n) is 3.88. The third-order valence-corrected chi connectivity index (χ3v) is 2.94. The minimum atomic E-state index is -0.230. The summed E-state index contributed by atoms with van der Waals surface area (Å²) in [7, 11) is 0. The van der Waals surface area contributed by atoms with Crippen LogP contribution in [0, 0.1) is 0 Å². The average Bonchev–Trinajstić information content (AvgIpc) is 2.78. The van der Waals surface area contributed by atoms with Crippen LogP contribution in [0.2, 0.25) is 10.3 Å². The first-order chi connectivity index (χ1) is 8.15. The molecule has 2 heterocycles. The van der Waals surface area contributed by atoms with Crippen molar-refractivity contribution in [3.63, 3.8) is 0 Å². The summed E-state index contributed by atoms with van der Waals surface area (Å²) in [5.41, 5.74) is 0.737. The quantitative estimate of drug-likeness (QED) is 0.678. The minimum Gasteiger partial charge on any atom is -0.460 e. The zero-order chi connectivity index (χ0) is 12.3. The molecule has 2 rings (SSSR count). The molecule has 17 heavy (non-hydrogen) atoms. The first-order valence-corrected chi connectivity index (χ1v) is 6.13. The van der Waals surface area contributed by atoms with Crippen molar-refractivity contribution in [3.05, 3.63) is 28.0 Å². The largest absolute Gasteiger partial charge is 0.460 e. The van der Waals surface area contributed by atoms with Crippen molar-refractivity contribution in [2.24, 2.45) is 0 Å². The number of nitrogens with one attached hydrogen (secondary N) is 1. The fraction of sp³-hybridized carbons (Fsp3) is 0.455. The molecule has 0 bridgehead atoms. The van der Waals surface area contributed by atoms with Gasteiger partial charge in [0.1, 0.15) is 23.0 Å². The molecule has 0 radical (unpaired) electrons. The highest BCUT2D eigenvalue weighted by Gasteiger charge is 2.23. The normalized spacial score (nSPS) is 19.3. The number of ether oxygens (including phenoxy) is 1. The van der Waals surface area contributed by atoms with Gasteiger partial charge in [0.15, 0.2) is 0 Å². The SMILES string of the molecule is O=C(OCc1cc(Cl)nc(Cl)c1)[C@@H]1CCCN1. The molecular weight excluding hydrogens is 263 g/mol. The van der Waals surface area contributed by atoms with E-state index in [0.717, 1.165) is 24.9 Å². The lowest BCUT2D eigenvalue weighted by Gasteiger charge is -2.10. The molecule has 1 fully saturated rings. The number of carbonyl (C=O) groups excluding carboxylic acids is 1. The van der Waals surface area contributed by atoms with Crippen LogP contribution in [0.15, 0.2) is 12.1 Å². The van der Waals surface area contributed by atoms with Gasteiger partial charge in [-0.2, -0.15) is 0 Å². The van der Waals surface area contributed by atoms with Crippen LogP contribution in [0.4, 0.5) is 0 Å². The van der Waals surface area contributed by atoms with Gasteiger partial charge >= 0.3 is 5.97 Å². The van der Waals surface area contributed by atoms with Crippen molar-refractivity contribution < 1.29 is 9.53 Å². The van der Waals surface area contributed by atoms with Crippen molar-refractivity contribution in [1.29, 1.82) is 0 Å². The maximum absolute atomic E-state index is 11.6. The Morgan fingerprint density at radius 3 is 2.76 bits per heavy atom. The molecule has 1 aromatic heterocycles. The molecular formula is C11H12Cl2N2O2. The Hall–Kier alpha value is -0.840. The molecule has 0 aromatic carbocycles. The first-order valence-electron chi connectivity index (χ1n) is 5.37. The van der Waals surface area contributed by atoms with Gasteiger partial charge in [-0.25, -0.2) is 4.98 Å². The predicted molar refractivity (Wildman–Crippen MR) is 65.1 cm³/mol. The predicted octanol–water partition coefficient (Wildman–Crippen LogP) is 2.18. The maximum atomic E-state index is 11.6. The van der Waals surface area contributed by atoms with Crippen LogP contribution in [-0.4, -0.2) is 23.5 Å². The fourth-order valence-corrected chi connectivity index (χ4v) is 2.24. The van der Waals surface area contributed by atoms with Crippen LogP contribution in [-0.2, 0) is 16.1 Å². The van der Waals surface area contributed by atoms with Crippen LogP contribution in [0.5, 0.6) is 0 Å². The Morgan fingerprint density at radius 1 is 1.47 bits per heavy atom. The van der Waals surface area contributed by atoms with Gasteiger partial charge in [-0.3, -0.25) is 4.79 Å². The number of halogens is 2. The summed E-state index contributed by atoms with van der Waals surface area (Å²) in [6.07, 6.45) is 1.84. The van der Waals surface area contributed by atoms with Crippen molar-refractivity contribution in [1.82, 2.24) is 10.3 Å². The van der Waals surface area contributed by atoms with E-state index in [0.29, 0.717) is 10.3 Å². The van der Waals surface area contributed by atoms with Crippen molar-refractivity contribution >= 4 is 29.2 Å². The molecule has 1 N–H and O–H groups in total. The highest BCUT2D eigenvalue weighted by atomic mass is 35.5. The number of hydrogen-bond donors (Lipinski definition) is 1. The number of nitrogens with zero attached hydrogens (tertiary/aromatic N) is 1. The number of carbonyl (C=O) groups is 1. The molecule has 0 unspecified atom stereocenters. The zero-order valence-electron chi connectivity index (χ0n) is 9.08. The second-order valence-corrected chi connectivity index (χ2v) is 4.65. The Labute approximate surface area is 109 Å². The summed E-state index contributed by atoms with van der Waals surface area (Å²) < 4.78 is 5.18. The summed E-state index contributed by atoms with van der Waals surface area (Å²) >= 11 is 11.5. The fourth-order valence-electron chi connectivity index (χ4n) is 1.74. The number of hydrogen-bond acceptors (Lipinski definition) is 4. The van der Waals surface area contributed by atoms with Crippen LogP contribution in [0.25, 0.3) is 0 Å². The molecule has 0 aliphatic carbocycles. The molecule has 1 saturated heterocycles. The monoisotopic (exact) mass is 274 g/mol. The molecule has 0 amide bonds. The van der Waals surface area contributed by atoms with Crippen LogP contribution in [0.3, 0.4) is 0 Å². The molecule has 4 nitrogen and oxygen atoms in total. The van der Waals surface area contributed by atoms with E-state index < -0.39 is 0 Å². The molecule has 1 aliphatic rings. The Kier molecular flexibility index (Phi) is 4.20. The minimum absolute atomic E-state index is 0.166. The number of rotatable bonds is 3. The van der Waals surface area contributed by atoms with Gasteiger partial charge in [-0.05, 0) is 37.1 Å². The van der Waals surface area contributed by atoms with E-state index in [1.54, 1.807) is 12.1 Å². The topological polar surface area (TPSA) is 51.2 Å². The van der Waals surface area contributed by atoms with Crippen molar-refractivity contribution in [2.45, 2.75) is 25.5 Å². The van der Waals surface area contributed by atoms with Gasteiger partial charge in [0.05, 0.1) is 0 Å². The van der Waals surface area contributed by atoms with E-state index in [2.05, 4.69) is 10.3 Å². The van der Waals surface area contributed by atoms with E-state index >= 15 is 0 Å². The van der Waals surface area contributed by atoms with Crippen LogP contribution in [0.1, 0.15) is 18.4 Å². The molecule has 0 saturated carbocycles. The lowest BCUT2D eigenvalue weighted by molar-refractivity contribution is -0.147. The first kappa shape index (κ1) is 12.6. The number of aromatic nitrogens is 1. The van der Waals surface area contributed by atoms with Gasteiger partial charge in [0.25, 0.3) is 0 Å². The maximum Gasteiger partial charge on any atom is 0.323 e. The van der Waals surface area contributed by atoms with E-state index in [1.807, 2.05) is 0 Å². The second kappa shape index (κ2) is 5.67. The molecule has 1 atom stereocenters. The van der Waals surface area contributed by atoms with E-state index in [-0.39, 0.29) is 18.6 Å². The van der Waals surface area contributed by atoms with E-state index in [1.165, 1.54) is 0 Å². The molecule has 0 spiro atoms. The average molecular weight is 275 g/mol. The molecule has 1 aliphatic heterocycles. The van der Waals surface area contributed by atoms with Gasteiger partial charge in [-0.1, -0.05) is 23.2 Å². The zero-order valence-corrected chi connectivity index (χ0v) is 10.6. The van der Waals surface area contributed by atoms with Crippen LogP contribution >= 0.6 is 23.2 Å². The third kappa shape index (κ3) is 3.56. The van der Waals surface area contributed by atoms with Crippen molar-refractivity contribution in [3.8, 4) is 0 Å². The third-order valence-electron chi connectivity index (χ3n) is 2.55. The highest BCUT2D eigenvalue weighted by Crippen LogP contribution is 2.16. The smallest absolute Gasteiger partial charge is 0.323 e. The lowest BCUT2D eigenvalue weighted by Crippen LogP contribution is -2.32. The summed E-state index contributed by atoms with van der Waals surface area (Å²) in [4.78, 5) is 15.4. The van der Waals surface area contributed by atoms with Gasteiger partial charge in [0, 0.05) is 0 Å². The summed E-state index contributed by atoms with van der Waals surface area (Å²) in [5, 5.41) is 3.66. The Morgan fingerprint density at radius 2 is 2.18 bits per heavy atom. The molecule has 1 aromatic rings. The summed E-state index contributed by atoms with van der Waals surface area (Å²) in [6, 6.07) is 3.08. The van der Waals surface area contributed by atoms with E-state index in [9.17, 15) is 4.79 Å². The lowest BCUT2D eigenvalue weighted by atomic mass is 10.2. The standard InChI is InChI=1S/C11H12Cl2N2O2/c12-9-4-7(5-10(13)15-9)6-17-11(16)8-2-1-3-14-8/h4-5,8,14H,1-3,6H2/t8-/m0/s1. The summed E-state index contributed by atoms with van der Waals surface area (Å²) in [5.74, 6) is -0.230. The summed E-state index contributed by atoms with van der Waals surface area (Å²) in [6.45, 7) is 1.03. The van der Waals surface area contributed by atoms with Crippen molar-refractivity contribution in [2.75, 3.05) is 6.54 Å². The molecule has 92 valence electrons. The van der Waals surface area contributed by atoms with E-state index in [4.69, 9.17) is 27.9 Å². The van der Waals surface area contributed by atoms with Gasteiger partial charge in [0.2, 0.25) is 0 Å².